The highest BCUT2D eigenvalue weighted by Crippen LogP contribution is 2.41. The van der Waals surface area contributed by atoms with Gasteiger partial charge in [0, 0.05) is 11.8 Å². The third kappa shape index (κ3) is 2.31. The third-order valence-electron chi connectivity index (χ3n) is 3.97. The molecule has 0 aliphatic heterocycles. The summed E-state index contributed by atoms with van der Waals surface area (Å²) in [6.45, 7) is 0. The number of benzene rings is 2. The van der Waals surface area contributed by atoms with Crippen molar-refractivity contribution in [3.05, 3.63) is 71.3 Å². The Balaban J connectivity index is 2.13. The van der Waals surface area contributed by atoms with Crippen LogP contribution >= 0.6 is 11.6 Å². The Bertz CT molecular complexity index is 591. The van der Waals surface area contributed by atoms with Crippen molar-refractivity contribution in [1.29, 1.82) is 0 Å². The van der Waals surface area contributed by atoms with Gasteiger partial charge in [-0.15, -0.1) is 0 Å². The molecule has 2 atom stereocenters. The van der Waals surface area contributed by atoms with Crippen molar-refractivity contribution < 1.29 is 4.79 Å². The third-order valence-corrected chi connectivity index (χ3v) is 4.25. The normalized spacial score (nSPS) is 21.7. The molecule has 2 heteroatoms. The minimum atomic E-state index is -0.219. The number of carbonyl (C=O) groups excluding carboxylic acids is 1. The van der Waals surface area contributed by atoms with Crippen LogP contribution in [0.4, 0.5) is 0 Å². The van der Waals surface area contributed by atoms with Gasteiger partial charge in [0.25, 0.3) is 0 Å². The Morgan fingerprint density at radius 2 is 1.68 bits per heavy atom. The fourth-order valence-corrected chi connectivity index (χ4v) is 3.31. The van der Waals surface area contributed by atoms with Crippen molar-refractivity contribution in [3.63, 3.8) is 0 Å². The van der Waals surface area contributed by atoms with Crippen LogP contribution in [0.1, 0.15) is 29.0 Å². The van der Waals surface area contributed by atoms with E-state index >= 15 is 0 Å². The van der Waals surface area contributed by atoms with Crippen molar-refractivity contribution in [1.82, 2.24) is 0 Å². The second kappa shape index (κ2) is 5.18. The Morgan fingerprint density at radius 3 is 2.42 bits per heavy atom. The molecule has 3 rings (SSSR count). The van der Waals surface area contributed by atoms with Crippen LogP contribution in [0, 0.1) is 5.92 Å². The van der Waals surface area contributed by atoms with E-state index in [4.69, 9.17) is 11.6 Å². The molecule has 0 bridgehead atoms. The van der Waals surface area contributed by atoms with Crippen molar-refractivity contribution in [2.75, 3.05) is 0 Å². The second-order valence-corrected chi connectivity index (χ2v) is 5.41. The number of rotatable bonds is 2. The highest BCUT2D eigenvalue weighted by molar-refractivity contribution is 6.64. The average Bonchev–Trinajstić information content (AvgIpc) is 2.46. The Hall–Kier alpha value is -1.60. The molecular formula is C17H15ClO. The molecule has 2 aromatic rings. The lowest BCUT2D eigenvalue weighted by Gasteiger charge is -2.31. The highest BCUT2D eigenvalue weighted by atomic mass is 35.5. The molecule has 2 aromatic carbocycles. The molecular weight excluding hydrogens is 256 g/mol. The van der Waals surface area contributed by atoms with Gasteiger partial charge in [-0.1, -0.05) is 54.6 Å². The molecule has 96 valence electrons. The van der Waals surface area contributed by atoms with Crippen molar-refractivity contribution in [3.8, 4) is 0 Å². The number of hydrogen-bond acceptors (Lipinski definition) is 1. The first-order chi connectivity index (χ1) is 9.27. The summed E-state index contributed by atoms with van der Waals surface area (Å²) in [5.41, 5.74) is 3.76. The molecule has 2 unspecified atom stereocenters. The van der Waals surface area contributed by atoms with Gasteiger partial charge >= 0.3 is 0 Å². The molecule has 0 saturated heterocycles. The molecule has 0 radical (unpaired) electrons. The first-order valence-electron chi connectivity index (χ1n) is 6.59. The maximum atomic E-state index is 11.8. The fourth-order valence-electron chi connectivity index (χ4n) is 3.08. The van der Waals surface area contributed by atoms with E-state index in [0.29, 0.717) is 0 Å². The lowest BCUT2D eigenvalue weighted by atomic mass is 9.72. The summed E-state index contributed by atoms with van der Waals surface area (Å²) in [5.74, 6) is -0.0184. The molecule has 1 aliphatic rings. The van der Waals surface area contributed by atoms with Crippen LogP contribution < -0.4 is 0 Å². The molecule has 0 fully saturated rings. The predicted octanol–water partition coefficient (Wildman–Crippen LogP) is 4.15. The van der Waals surface area contributed by atoms with E-state index < -0.39 is 0 Å². The monoisotopic (exact) mass is 270 g/mol. The number of carbonyl (C=O) groups is 1. The van der Waals surface area contributed by atoms with E-state index in [-0.39, 0.29) is 17.1 Å². The Kier molecular flexibility index (Phi) is 3.39. The van der Waals surface area contributed by atoms with Crippen LogP contribution in [0.15, 0.2) is 54.6 Å². The topological polar surface area (TPSA) is 17.1 Å². The van der Waals surface area contributed by atoms with Gasteiger partial charge < -0.3 is 0 Å². The summed E-state index contributed by atoms with van der Waals surface area (Å²) in [6.07, 6.45) is 1.77. The molecule has 1 aliphatic carbocycles. The van der Waals surface area contributed by atoms with Gasteiger partial charge in [0.1, 0.15) is 0 Å². The van der Waals surface area contributed by atoms with Gasteiger partial charge in [-0.3, -0.25) is 4.79 Å². The minimum absolute atomic E-state index is 0.0937. The standard InChI is InChI=1S/C17H15ClO/c18-17(19)15-11-10-12-6-4-5-9-14(12)16(15)13-7-2-1-3-8-13/h1-9,15-16H,10-11H2. The zero-order chi connectivity index (χ0) is 13.2. The Morgan fingerprint density at radius 1 is 1.00 bits per heavy atom. The van der Waals surface area contributed by atoms with Gasteiger partial charge in [0.15, 0.2) is 0 Å². The maximum Gasteiger partial charge on any atom is 0.225 e. The summed E-state index contributed by atoms with van der Waals surface area (Å²) in [6, 6.07) is 18.6. The van der Waals surface area contributed by atoms with Crippen molar-refractivity contribution in [2.45, 2.75) is 18.8 Å². The smallest absolute Gasteiger partial charge is 0.225 e. The summed E-state index contributed by atoms with van der Waals surface area (Å²) in [7, 11) is 0. The lowest BCUT2D eigenvalue weighted by Crippen LogP contribution is -2.26. The van der Waals surface area contributed by atoms with Crippen molar-refractivity contribution in [2.24, 2.45) is 5.92 Å². The summed E-state index contributed by atoms with van der Waals surface area (Å²) < 4.78 is 0. The van der Waals surface area contributed by atoms with E-state index in [1.165, 1.54) is 16.7 Å². The van der Waals surface area contributed by atoms with Crippen LogP contribution in [0.25, 0.3) is 0 Å². The molecule has 0 amide bonds. The largest absolute Gasteiger partial charge is 0.281 e. The molecule has 0 heterocycles. The molecule has 1 nitrogen and oxygen atoms in total. The number of hydrogen-bond donors (Lipinski definition) is 0. The zero-order valence-electron chi connectivity index (χ0n) is 10.6. The summed E-state index contributed by atoms with van der Waals surface area (Å²) >= 11 is 5.83. The van der Waals surface area contributed by atoms with Gasteiger partial charge in [0.2, 0.25) is 5.24 Å². The zero-order valence-corrected chi connectivity index (χ0v) is 11.3. The van der Waals surface area contributed by atoms with Gasteiger partial charge in [-0.2, -0.15) is 0 Å². The van der Waals surface area contributed by atoms with E-state index in [0.717, 1.165) is 12.8 Å². The molecule has 0 saturated carbocycles. The predicted molar refractivity (Wildman–Crippen MR) is 77.4 cm³/mol. The van der Waals surface area contributed by atoms with Crippen LogP contribution in [0.3, 0.4) is 0 Å². The van der Waals surface area contributed by atoms with Crippen LogP contribution in [0.2, 0.25) is 0 Å². The number of aryl methyl sites for hydroxylation is 1. The summed E-state index contributed by atoms with van der Waals surface area (Å²) in [5, 5.41) is -0.219. The number of halogens is 1. The van der Waals surface area contributed by atoms with E-state index in [2.05, 4.69) is 30.3 Å². The van der Waals surface area contributed by atoms with Crippen LogP contribution in [0.5, 0.6) is 0 Å². The highest BCUT2D eigenvalue weighted by Gasteiger charge is 2.34. The maximum absolute atomic E-state index is 11.8. The number of fused-ring (bicyclic) bond motifs is 1. The van der Waals surface area contributed by atoms with E-state index in [9.17, 15) is 4.79 Å². The van der Waals surface area contributed by atoms with Gasteiger partial charge in [-0.05, 0) is 41.1 Å². The molecule has 0 aromatic heterocycles. The van der Waals surface area contributed by atoms with E-state index in [1.54, 1.807) is 0 Å². The first-order valence-corrected chi connectivity index (χ1v) is 6.97. The van der Waals surface area contributed by atoms with Crippen molar-refractivity contribution >= 4 is 16.8 Å². The molecule has 19 heavy (non-hydrogen) atoms. The quantitative estimate of drug-likeness (QED) is 0.750. The lowest BCUT2D eigenvalue weighted by molar-refractivity contribution is -0.115. The van der Waals surface area contributed by atoms with Crippen LogP contribution in [-0.4, -0.2) is 5.24 Å². The van der Waals surface area contributed by atoms with Crippen LogP contribution in [-0.2, 0) is 11.2 Å². The van der Waals surface area contributed by atoms with Gasteiger partial charge in [-0.25, -0.2) is 0 Å². The average molecular weight is 271 g/mol. The summed E-state index contributed by atoms with van der Waals surface area (Å²) in [4.78, 5) is 11.8. The first kappa shape index (κ1) is 12.4. The van der Waals surface area contributed by atoms with Gasteiger partial charge in [0.05, 0.1) is 0 Å². The Labute approximate surface area is 118 Å². The molecule has 0 N–H and O–H groups in total. The van der Waals surface area contributed by atoms with E-state index in [1.807, 2.05) is 24.3 Å². The molecule has 0 spiro atoms. The fraction of sp³-hybridized carbons (Fsp3) is 0.235. The second-order valence-electron chi connectivity index (χ2n) is 5.04. The SMILES string of the molecule is O=C(Cl)C1CCc2ccccc2C1c1ccccc1. The minimum Gasteiger partial charge on any atom is -0.281 e.